The Hall–Kier alpha value is -1.03. The molecule has 0 aromatic carbocycles. The van der Waals surface area contributed by atoms with Gasteiger partial charge in [-0.15, -0.1) is 0 Å². The van der Waals surface area contributed by atoms with Crippen LogP contribution in [0.5, 0.6) is 0 Å². The van der Waals surface area contributed by atoms with Gasteiger partial charge < -0.3 is 15.2 Å². The maximum atomic E-state index is 5.79. The van der Waals surface area contributed by atoms with Crippen molar-refractivity contribution in [3.05, 3.63) is 12.4 Å². The van der Waals surface area contributed by atoms with Crippen LogP contribution in [0.25, 0.3) is 0 Å². The molecule has 0 radical (unpaired) electrons. The smallest absolute Gasteiger partial charge is 0.200 e. The Balaban J connectivity index is 2.10. The first kappa shape index (κ1) is 9.52. The summed E-state index contributed by atoms with van der Waals surface area (Å²) in [5, 5.41) is 0. The van der Waals surface area contributed by atoms with Gasteiger partial charge in [0.1, 0.15) is 0 Å². The predicted octanol–water partition coefficient (Wildman–Crippen LogP) is 1.12. The normalized spacial score (nSPS) is 29.3. The van der Waals surface area contributed by atoms with E-state index in [4.69, 9.17) is 5.73 Å². The number of hydrogen-bond acceptors (Lipinski definition) is 3. The Kier molecular flexibility index (Phi) is 2.46. The Morgan fingerprint density at radius 2 is 2.36 bits per heavy atom. The number of hydrogen-bond donors (Lipinski definition) is 1. The molecule has 2 N–H and O–H groups in total. The predicted molar refractivity (Wildman–Crippen MR) is 57.0 cm³/mol. The number of nitrogens with two attached hydrogens (primary N) is 1. The van der Waals surface area contributed by atoms with Gasteiger partial charge in [0, 0.05) is 31.0 Å². The first-order chi connectivity index (χ1) is 6.68. The summed E-state index contributed by atoms with van der Waals surface area (Å²) in [4.78, 5) is 6.46. The van der Waals surface area contributed by atoms with Gasteiger partial charge in [0.25, 0.3) is 0 Å². The third-order valence-corrected chi connectivity index (χ3v) is 3.27. The van der Waals surface area contributed by atoms with Gasteiger partial charge in [-0.05, 0) is 26.8 Å². The second-order valence-corrected chi connectivity index (χ2v) is 4.20. The molecule has 1 fully saturated rings. The minimum absolute atomic E-state index is 0.531. The van der Waals surface area contributed by atoms with Crippen LogP contribution in [0.2, 0.25) is 0 Å². The average Bonchev–Trinajstić information content (AvgIpc) is 2.57. The van der Waals surface area contributed by atoms with Gasteiger partial charge in [-0.2, -0.15) is 0 Å². The van der Waals surface area contributed by atoms with Crippen LogP contribution in [-0.2, 0) is 0 Å². The third kappa shape index (κ3) is 1.62. The van der Waals surface area contributed by atoms with Gasteiger partial charge >= 0.3 is 0 Å². The number of piperidine rings is 1. The molecule has 4 nitrogen and oxygen atoms in total. The number of rotatable bonds is 1. The standard InChI is InChI=1S/C10H18N4/c1-8-7-9(3-5-13(8)2)14-6-4-12-10(14)11/h4,6,8-9H,3,5,7H2,1-2H3,(H2,11,12). The molecule has 0 spiro atoms. The molecule has 1 aliphatic heterocycles. The summed E-state index contributed by atoms with van der Waals surface area (Å²) in [6.07, 6.45) is 6.09. The lowest BCUT2D eigenvalue weighted by Gasteiger charge is -2.35. The molecular weight excluding hydrogens is 176 g/mol. The van der Waals surface area contributed by atoms with Crippen LogP contribution in [0.3, 0.4) is 0 Å². The molecule has 4 heteroatoms. The summed E-state index contributed by atoms with van der Waals surface area (Å²) < 4.78 is 2.10. The van der Waals surface area contributed by atoms with Crippen LogP contribution >= 0.6 is 0 Å². The van der Waals surface area contributed by atoms with E-state index >= 15 is 0 Å². The molecule has 78 valence electrons. The largest absolute Gasteiger partial charge is 0.369 e. The molecule has 1 saturated heterocycles. The van der Waals surface area contributed by atoms with Gasteiger partial charge in [-0.3, -0.25) is 0 Å². The lowest BCUT2D eigenvalue weighted by atomic mass is 9.99. The fraction of sp³-hybridized carbons (Fsp3) is 0.700. The Labute approximate surface area is 84.7 Å². The van der Waals surface area contributed by atoms with Crippen molar-refractivity contribution in [1.29, 1.82) is 0 Å². The molecule has 2 atom stereocenters. The molecule has 0 aliphatic carbocycles. The number of imidazole rings is 1. The molecule has 2 unspecified atom stereocenters. The highest BCUT2D eigenvalue weighted by atomic mass is 15.2. The molecule has 0 bridgehead atoms. The lowest BCUT2D eigenvalue weighted by Crippen LogP contribution is -2.38. The Morgan fingerprint density at radius 3 is 2.93 bits per heavy atom. The maximum absolute atomic E-state index is 5.79. The highest BCUT2D eigenvalue weighted by molar-refractivity contribution is 5.18. The minimum Gasteiger partial charge on any atom is -0.369 e. The van der Waals surface area contributed by atoms with Crippen molar-refractivity contribution in [3.8, 4) is 0 Å². The summed E-state index contributed by atoms with van der Waals surface area (Å²) in [5.41, 5.74) is 5.79. The second-order valence-electron chi connectivity index (χ2n) is 4.20. The zero-order chi connectivity index (χ0) is 10.1. The van der Waals surface area contributed by atoms with Gasteiger partial charge in [0.15, 0.2) is 5.95 Å². The van der Waals surface area contributed by atoms with E-state index in [9.17, 15) is 0 Å². The van der Waals surface area contributed by atoms with Crippen LogP contribution in [0.15, 0.2) is 12.4 Å². The lowest BCUT2D eigenvalue weighted by molar-refractivity contribution is 0.158. The number of likely N-dealkylation sites (tertiary alicyclic amines) is 1. The van der Waals surface area contributed by atoms with Gasteiger partial charge in [0.2, 0.25) is 0 Å². The van der Waals surface area contributed by atoms with Crippen LogP contribution in [0.1, 0.15) is 25.8 Å². The van der Waals surface area contributed by atoms with Crippen molar-refractivity contribution in [2.24, 2.45) is 0 Å². The number of nitrogen functional groups attached to an aromatic ring is 1. The fourth-order valence-electron chi connectivity index (χ4n) is 2.15. The highest BCUT2D eigenvalue weighted by Gasteiger charge is 2.24. The average molecular weight is 194 g/mol. The zero-order valence-electron chi connectivity index (χ0n) is 8.85. The van der Waals surface area contributed by atoms with Crippen molar-refractivity contribution in [3.63, 3.8) is 0 Å². The molecule has 0 amide bonds. The summed E-state index contributed by atoms with van der Waals surface area (Å²) >= 11 is 0. The number of aromatic nitrogens is 2. The molecule has 2 heterocycles. The van der Waals surface area contributed by atoms with Gasteiger partial charge in [-0.1, -0.05) is 0 Å². The van der Waals surface area contributed by atoms with E-state index in [1.54, 1.807) is 6.20 Å². The highest BCUT2D eigenvalue weighted by Crippen LogP contribution is 2.27. The van der Waals surface area contributed by atoms with Crippen molar-refractivity contribution >= 4 is 5.95 Å². The van der Waals surface area contributed by atoms with Crippen molar-refractivity contribution < 1.29 is 0 Å². The van der Waals surface area contributed by atoms with Crippen LogP contribution in [-0.4, -0.2) is 34.1 Å². The van der Waals surface area contributed by atoms with E-state index in [1.807, 2.05) is 6.20 Å². The van der Waals surface area contributed by atoms with E-state index in [1.165, 1.54) is 6.42 Å². The topological polar surface area (TPSA) is 47.1 Å². The quantitative estimate of drug-likeness (QED) is 0.728. The first-order valence-electron chi connectivity index (χ1n) is 5.17. The summed E-state index contributed by atoms with van der Waals surface area (Å²) in [7, 11) is 2.18. The number of anilines is 1. The van der Waals surface area contributed by atoms with E-state index < -0.39 is 0 Å². The van der Waals surface area contributed by atoms with Gasteiger partial charge in [-0.25, -0.2) is 4.98 Å². The monoisotopic (exact) mass is 194 g/mol. The van der Waals surface area contributed by atoms with Crippen molar-refractivity contribution in [2.45, 2.75) is 31.8 Å². The van der Waals surface area contributed by atoms with Gasteiger partial charge in [0.05, 0.1) is 0 Å². The van der Waals surface area contributed by atoms with Crippen LogP contribution < -0.4 is 5.73 Å². The third-order valence-electron chi connectivity index (χ3n) is 3.27. The molecule has 14 heavy (non-hydrogen) atoms. The molecule has 2 rings (SSSR count). The molecule has 1 aromatic heterocycles. The number of nitrogens with zero attached hydrogens (tertiary/aromatic N) is 3. The van der Waals surface area contributed by atoms with E-state index in [2.05, 4.69) is 28.4 Å². The summed E-state index contributed by atoms with van der Waals surface area (Å²) in [6, 6.07) is 1.17. The Morgan fingerprint density at radius 1 is 1.57 bits per heavy atom. The molecule has 1 aliphatic rings. The fourth-order valence-corrected chi connectivity index (χ4v) is 2.15. The van der Waals surface area contributed by atoms with Crippen molar-refractivity contribution in [1.82, 2.24) is 14.5 Å². The van der Waals surface area contributed by atoms with Crippen LogP contribution in [0, 0.1) is 0 Å². The minimum atomic E-state index is 0.531. The Bertz CT molecular complexity index is 307. The van der Waals surface area contributed by atoms with E-state index in [-0.39, 0.29) is 0 Å². The zero-order valence-corrected chi connectivity index (χ0v) is 8.85. The molecular formula is C10H18N4. The molecule has 0 saturated carbocycles. The second kappa shape index (κ2) is 3.61. The molecule has 1 aromatic rings. The maximum Gasteiger partial charge on any atom is 0.200 e. The SMILES string of the molecule is CC1CC(n2ccnc2N)CCN1C. The van der Waals surface area contributed by atoms with E-state index in [0.29, 0.717) is 18.0 Å². The first-order valence-corrected chi connectivity index (χ1v) is 5.17. The van der Waals surface area contributed by atoms with Crippen molar-refractivity contribution in [2.75, 3.05) is 19.3 Å². The van der Waals surface area contributed by atoms with Crippen LogP contribution in [0.4, 0.5) is 5.95 Å². The van der Waals surface area contributed by atoms with E-state index in [0.717, 1.165) is 13.0 Å². The summed E-state index contributed by atoms with van der Waals surface area (Å²) in [5.74, 6) is 0.645. The summed E-state index contributed by atoms with van der Waals surface area (Å²) in [6.45, 7) is 3.41.